The van der Waals surface area contributed by atoms with E-state index in [4.69, 9.17) is 4.74 Å². The number of hydrogen-bond donors (Lipinski definition) is 0. The quantitative estimate of drug-likeness (QED) is 0.623. The third-order valence-corrected chi connectivity index (χ3v) is 4.74. The Balaban J connectivity index is 2.03. The maximum atomic E-state index is 12.8. The summed E-state index contributed by atoms with van der Waals surface area (Å²) in [4.78, 5) is 38.1. The average Bonchev–Trinajstić information content (AvgIpc) is 3.07. The first-order valence-electron chi connectivity index (χ1n) is 7.07. The fourth-order valence-electron chi connectivity index (χ4n) is 3.80. The molecule has 2 aliphatic rings. The summed E-state index contributed by atoms with van der Waals surface area (Å²) < 4.78 is 4.91. The Kier molecular flexibility index (Phi) is 3.27. The Morgan fingerprint density at radius 2 is 2.05 bits per heavy atom. The Morgan fingerprint density at radius 1 is 1.33 bits per heavy atom. The molecule has 0 aromatic heterocycles. The number of benzene rings is 1. The number of amides is 1. The molecule has 0 unspecified atom stereocenters. The molecule has 5 heteroatoms. The van der Waals surface area contributed by atoms with E-state index in [-0.39, 0.29) is 11.9 Å². The zero-order valence-corrected chi connectivity index (χ0v) is 11.8. The van der Waals surface area contributed by atoms with Gasteiger partial charge in [0.05, 0.1) is 13.0 Å². The van der Waals surface area contributed by atoms with Crippen LogP contribution in [0.5, 0.6) is 0 Å². The molecule has 0 N–H and O–H groups in total. The standard InChI is InChI=1S/C16H17NO4/c1-21-15(20)16-8-7-13(9-12(16)10-18)17(16)14(19)11-5-3-2-4-6-11/h2-6,10,12-13H,7-9H2,1H3/t12-,13+,16-/m0/s1. The number of fused-ring (bicyclic) bond motifs is 2. The van der Waals surface area contributed by atoms with E-state index in [9.17, 15) is 14.4 Å². The van der Waals surface area contributed by atoms with Gasteiger partial charge in [-0.15, -0.1) is 0 Å². The number of ether oxygens (including phenoxy) is 1. The number of hydrogen-bond acceptors (Lipinski definition) is 4. The highest BCUT2D eigenvalue weighted by molar-refractivity contribution is 6.00. The van der Waals surface area contributed by atoms with Gasteiger partial charge >= 0.3 is 5.97 Å². The predicted molar refractivity (Wildman–Crippen MR) is 74.6 cm³/mol. The first-order chi connectivity index (χ1) is 10.1. The number of carbonyl (C=O) groups is 3. The molecule has 0 spiro atoms. The number of nitrogens with zero attached hydrogens (tertiary/aromatic N) is 1. The summed E-state index contributed by atoms with van der Waals surface area (Å²) in [5.41, 5.74) is -0.585. The van der Waals surface area contributed by atoms with Crippen LogP contribution < -0.4 is 0 Å². The fourth-order valence-corrected chi connectivity index (χ4v) is 3.80. The Labute approximate surface area is 122 Å². The first-order valence-corrected chi connectivity index (χ1v) is 7.07. The molecule has 0 saturated carbocycles. The van der Waals surface area contributed by atoms with Gasteiger partial charge in [-0.05, 0) is 31.4 Å². The van der Waals surface area contributed by atoms with E-state index in [1.807, 2.05) is 6.07 Å². The van der Waals surface area contributed by atoms with E-state index < -0.39 is 17.4 Å². The molecule has 2 aliphatic heterocycles. The lowest BCUT2D eigenvalue weighted by Gasteiger charge is -2.34. The second-order valence-electron chi connectivity index (χ2n) is 5.63. The monoisotopic (exact) mass is 287 g/mol. The van der Waals surface area contributed by atoms with E-state index in [2.05, 4.69) is 0 Å². The summed E-state index contributed by atoms with van der Waals surface area (Å²) in [5.74, 6) is -1.16. The molecule has 5 nitrogen and oxygen atoms in total. The maximum Gasteiger partial charge on any atom is 0.332 e. The van der Waals surface area contributed by atoms with Crippen molar-refractivity contribution in [3.05, 3.63) is 35.9 Å². The Hall–Kier alpha value is -2.17. The molecule has 1 aromatic carbocycles. The van der Waals surface area contributed by atoms with Crippen LogP contribution in [0.1, 0.15) is 29.6 Å². The van der Waals surface area contributed by atoms with Crippen molar-refractivity contribution in [1.82, 2.24) is 4.90 Å². The van der Waals surface area contributed by atoms with Gasteiger partial charge in [0.15, 0.2) is 5.54 Å². The molecule has 1 aromatic rings. The van der Waals surface area contributed by atoms with Gasteiger partial charge in [0, 0.05) is 11.6 Å². The highest BCUT2D eigenvalue weighted by Crippen LogP contribution is 2.50. The van der Waals surface area contributed by atoms with Gasteiger partial charge in [-0.25, -0.2) is 4.79 Å². The molecule has 110 valence electrons. The molecule has 21 heavy (non-hydrogen) atoms. The van der Waals surface area contributed by atoms with E-state index >= 15 is 0 Å². The second-order valence-corrected chi connectivity index (χ2v) is 5.63. The fraction of sp³-hybridized carbons (Fsp3) is 0.438. The van der Waals surface area contributed by atoms with Crippen LogP contribution in [0.2, 0.25) is 0 Å². The Bertz CT molecular complexity index is 585. The van der Waals surface area contributed by atoms with Gasteiger partial charge < -0.3 is 14.4 Å². The number of carbonyl (C=O) groups excluding carboxylic acids is 3. The van der Waals surface area contributed by atoms with Crippen LogP contribution in [-0.2, 0) is 14.3 Å². The zero-order chi connectivity index (χ0) is 15.0. The van der Waals surface area contributed by atoms with Crippen molar-refractivity contribution >= 4 is 18.2 Å². The van der Waals surface area contributed by atoms with Gasteiger partial charge in [-0.3, -0.25) is 4.79 Å². The molecule has 3 atom stereocenters. The van der Waals surface area contributed by atoms with Crippen molar-refractivity contribution in [2.45, 2.75) is 30.8 Å². The van der Waals surface area contributed by atoms with Crippen LogP contribution in [0, 0.1) is 5.92 Å². The molecule has 2 heterocycles. The second kappa shape index (κ2) is 4.98. The summed E-state index contributed by atoms with van der Waals surface area (Å²) in [6.45, 7) is 0. The van der Waals surface area contributed by atoms with Crippen molar-refractivity contribution < 1.29 is 19.1 Å². The number of aldehydes is 1. The number of esters is 1. The van der Waals surface area contributed by atoms with Crippen molar-refractivity contribution in [2.24, 2.45) is 5.92 Å². The lowest BCUT2D eigenvalue weighted by molar-refractivity contribution is -0.154. The lowest BCUT2D eigenvalue weighted by Crippen LogP contribution is -2.55. The number of methoxy groups -OCH3 is 1. The summed E-state index contributed by atoms with van der Waals surface area (Å²) in [7, 11) is 1.30. The molecular formula is C16H17NO4. The van der Waals surface area contributed by atoms with E-state index in [1.54, 1.807) is 29.2 Å². The topological polar surface area (TPSA) is 63.7 Å². The van der Waals surface area contributed by atoms with Gasteiger partial charge in [-0.1, -0.05) is 18.2 Å². The molecule has 3 rings (SSSR count). The van der Waals surface area contributed by atoms with Crippen molar-refractivity contribution in [2.75, 3.05) is 7.11 Å². The molecule has 2 saturated heterocycles. The average molecular weight is 287 g/mol. The summed E-state index contributed by atoms with van der Waals surface area (Å²) in [6.07, 6.45) is 2.56. The summed E-state index contributed by atoms with van der Waals surface area (Å²) in [5, 5.41) is 0. The number of rotatable bonds is 3. The normalized spacial score (nSPS) is 30.2. The van der Waals surface area contributed by atoms with Crippen LogP contribution in [-0.4, -0.2) is 41.8 Å². The Morgan fingerprint density at radius 3 is 2.67 bits per heavy atom. The van der Waals surface area contributed by atoms with E-state index in [1.165, 1.54) is 7.11 Å². The minimum Gasteiger partial charge on any atom is -0.467 e. The molecule has 2 bridgehead atoms. The van der Waals surface area contributed by atoms with Crippen LogP contribution >= 0.6 is 0 Å². The van der Waals surface area contributed by atoms with Crippen molar-refractivity contribution in [1.29, 1.82) is 0 Å². The molecule has 0 radical (unpaired) electrons. The van der Waals surface area contributed by atoms with Gasteiger partial charge in [0.2, 0.25) is 0 Å². The third-order valence-electron chi connectivity index (χ3n) is 4.74. The molecule has 1 amide bonds. The maximum absolute atomic E-state index is 12.8. The molecular weight excluding hydrogens is 270 g/mol. The highest BCUT2D eigenvalue weighted by Gasteiger charge is 2.64. The minimum absolute atomic E-state index is 0.0630. The molecule has 2 fully saturated rings. The van der Waals surface area contributed by atoms with Crippen LogP contribution in [0.3, 0.4) is 0 Å². The van der Waals surface area contributed by atoms with E-state index in [0.29, 0.717) is 18.4 Å². The summed E-state index contributed by atoms with van der Waals surface area (Å²) >= 11 is 0. The predicted octanol–water partition coefficient (Wildman–Crippen LogP) is 1.42. The van der Waals surface area contributed by atoms with Crippen molar-refractivity contribution in [3.63, 3.8) is 0 Å². The van der Waals surface area contributed by atoms with Gasteiger partial charge in [0.25, 0.3) is 5.91 Å². The van der Waals surface area contributed by atoms with Gasteiger partial charge in [0.1, 0.15) is 6.29 Å². The first kappa shape index (κ1) is 13.8. The summed E-state index contributed by atoms with van der Waals surface area (Å²) in [6, 6.07) is 8.79. The van der Waals surface area contributed by atoms with E-state index in [0.717, 1.165) is 12.7 Å². The van der Waals surface area contributed by atoms with Gasteiger partial charge in [-0.2, -0.15) is 0 Å². The SMILES string of the molecule is COC(=O)[C@]12CC[C@H](C[C@H]1C=O)N2C(=O)c1ccccc1. The van der Waals surface area contributed by atoms with Crippen LogP contribution in [0.15, 0.2) is 30.3 Å². The zero-order valence-electron chi connectivity index (χ0n) is 11.8. The smallest absolute Gasteiger partial charge is 0.332 e. The van der Waals surface area contributed by atoms with Crippen molar-refractivity contribution in [3.8, 4) is 0 Å². The third kappa shape index (κ3) is 1.80. The minimum atomic E-state index is -1.12. The largest absolute Gasteiger partial charge is 0.467 e. The highest BCUT2D eigenvalue weighted by atomic mass is 16.5. The molecule has 0 aliphatic carbocycles. The lowest BCUT2D eigenvalue weighted by atomic mass is 9.78. The van der Waals surface area contributed by atoms with Crippen LogP contribution in [0.4, 0.5) is 0 Å². The van der Waals surface area contributed by atoms with Crippen LogP contribution in [0.25, 0.3) is 0 Å².